The van der Waals surface area contributed by atoms with E-state index >= 15 is 0 Å². The van der Waals surface area contributed by atoms with Crippen LogP contribution in [-0.2, 0) is 4.79 Å². The fraction of sp³-hybridized carbons (Fsp3) is 0.750. The van der Waals surface area contributed by atoms with Gasteiger partial charge in [0.2, 0.25) is 5.91 Å². The number of nitrogens with one attached hydrogen (secondary N) is 2. The van der Waals surface area contributed by atoms with Crippen LogP contribution in [0.5, 0.6) is 0 Å². The van der Waals surface area contributed by atoms with Gasteiger partial charge in [0.25, 0.3) is 0 Å². The first kappa shape index (κ1) is 18.8. The zero-order valence-electron chi connectivity index (χ0n) is 14.0. The first-order valence-electron chi connectivity index (χ1n) is 8.36. The SMILES string of the molecule is C[C@H](NCC(=O)N[C@@H]1CCC[C@@H](C(F)(F)F)C1)[C@H](C)n1cccn1. The molecule has 2 N–H and O–H groups in total. The number of hydrogen-bond donors (Lipinski definition) is 2. The maximum atomic E-state index is 12.8. The van der Waals surface area contributed by atoms with Crippen LogP contribution < -0.4 is 10.6 Å². The van der Waals surface area contributed by atoms with E-state index in [9.17, 15) is 18.0 Å². The van der Waals surface area contributed by atoms with Gasteiger partial charge in [-0.2, -0.15) is 18.3 Å². The lowest BCUT2D eigenvalue weighted by Gasteiger charge is -2.31. The lowest BCUT2D eigenvalue weighted by Crippen LogP contribution is -2.46. The second-order valence-corrected chi connectivity index (χ2v) is 6.57. The van der Waals surface area contributed by atoms with Crippen molar-refractivity contribution >= 4 is 5.91 Å². The summed E-state index contributed by atoms with van der Waals surface area (Å²) >= 11 is 0. The molecule has 0 radical (unpaired) electrons. The van der Waals surface area contributed by atoms with Crippen molar-refractivity contribution in [2.75, 3.05) is 6.54 Å². The van der Waals surface area contributed by atoms with Gasteiger partial charge in [0.1, 0.15) is 0 Å². The van der Waals surface area contributed by atoms with Gasteiger partial charge in [-0.1, -0.05) is 6.42 Å². The Labute approximate surface area is 140 Å². The smallest absolute Gasteiger partial charge is 0.352 e. The molecule has 0 aromatic carbocycles. The molecule has 0 aliphatic heterocycles. The molecule has 1 aromatic rings. The maximum Gasteiger partial charge on any atom is 0.391 e. The Hall–Kier alpha value is -1.57. The third-order valence-corrected chi connectivity index (χ3v) is 4.75. The number of aromatic nitrogens is 2. The Bertz CT molecular complexity index is 518. The third kappa shape index (κ3) is 5.22. The number of hydrogen-bond acceptors (Lipinski definition) is 3. The molecule has 1 fully saturated rings. The van der Waals surface area contributed by atoms with Gasteiger partial charge < -0.3 is 10.6 Å². The molecule has 0 saturated heterocycles. The molecule has 8 heteroatoms. The number of carbonyl (C=O) groups excluding carboxylic acids is 1. The van der Waals surface area contributed by atoms with Crippen LogP contribution in [0.25, 0.3) is 0 Å². The van der Waals surface area contributed by atoms with Gasteiger partial charge in [-0.3, -0.25) is 9.48 Å². The summed E-state index contributed by atoms with van der Waals surface area (Å²) in [6.07, 6.45) is 0.613. The molecule has 1 saturated carbocycles. The molecule has 4 atom stereocenters. The summed E-state index contributed by atoms with van der Waals surface area (Å²) in [5.41, 5.74) is 0. The zero-order chi connectivity index (χ0) is 17.7. The Morgan fingerprint density at radius 1 is 1.38 bits per heavy atom. The maximum absolute atomic E-state index is 12.8. The van der Waals surface area contributed by atoms with E-state index in [1.807, 2.05) is 26.1 Å². The Balaban J connectivity index is 1.75. The lowest BCUT2D eigenvalue weighted by atomic mass is 9.85. The molecule has 1 aliphatic carbocycles. The molecule has 0 spiro atoms. The number of nitrogens with zero attached hydrogens (tertiary/aromatic N) is 2. The number of alkyl halides is 3. The predicted octanol–water partition coefficient (Wildman–Crippen LogP) is 2.66. The lowest BCUT2D eigenvalue weighted by molar-refractivity contribution is -0.184. The van der Waals surface area contributed by atoms with Crippen LogP contribution in [0.15, 0.2) is 18.5 Å². The molecule has 2 rings (SSSR count). The second-order valence-electron chi connectivity index (χ2n) is 6.57. The van der Waals surface area contributed by atoms with Crippen LogP contribution in [0, 0.1) is 5.92 Å². The van der Waals surface area contributed by atoms with Crippen LogP contribution in [0.3, 0.4) is 0 Å². The molecule has 136 valence electrons. The molecule has 1 heterocycles. The summed E-state index contributed by atoms with van der Waals surface area (Å²) in [5.74, 6) is -1.56. The van der Waals surface area contributed by atoms with Gasteiger partial charge >= 0.3 is 6.18 Å². The van der Waals surface area contributed by atoms with Crippen molar-refractivity contribution in [3.8, 4) is 0 Å². The largest absolute Gasteiger partial charge is 0.391 e. The molecule has 24 heavy (non-hydrogen) atoms. The highest BCUT2D eigenvalue weighted by Crippen LogP contribution is 2.37. The van der Waals surface area contributed by atoms with E-state index in [0.717, 1.165) is 0 Å². The fourth-order valence-electron chi connectivity index (χ4n) is 3.07. The first-order chi connectivity index (χ1) is 11.3. The molecule has 1 amide bonds. The Morgan fingerprint density at radius 3 is 2.75 bits per heavy atom. The van der Waals surface area contributed by atoms with Gasteiger partial charge in [-0.25, -0.2) is 0 Å². The van der Waals surface area contributed by atoms with Crippen molar-refractivity contribution in [2.24, 2.45) is 5.92 Å². The predicted molar refractivity (Wildman–Crippen MR) is 84.3 cm³/mol. The zero-order valence-corrected chi connectivity index (χ0v) is 14.0. The standard InChI is InChI=1S/C16H25F3N4O/c1-11(12(2)23-8-4-7-21-23)20-10-15(24)22-14-6-3-5-13(9-14)16(17,18)19/h4,7-8,11-14,20H,3,5-6,9-10H2,1-2H3,(H,22,24)/t11-,12-,13+,14+/m0/s1. The van der Waals surface area contributed by atoms with E-state index in [4.69, 9.17) is 0 Å². The number of carbonyl (C=O) groups is 1. The van der Waals surface area contributed by atoms with E-state index in [0.29, 0.717) is 12.8 Å². The first-order valence-corrected chi connectivity index (χ1v) is 8.36. The molecule has 0 unspecified atom stereocenters. The monoisotopic (exact) mass is 346 g/mol. The normalized spacial score (nSPS) is 24.4. The van der Waals surface area contributed by atoms with E-state index in [2.05, 4.69) is 15.7 Å². The van der Waals surface area contributed by atoms with Crippen molar-refractivity contribution in [2.45, 2.75) is 63.8 Å². The summed E-state index contributed by atoms with van der Waals surface area (Å²) in [5, 5.41) is 9.99. The summed E-state index contributed by atoms with van der Waals surface area (Å²) in [7, 11) is 0. The Kier molecular flexibility index (Phi) is 6.26. The minimum Gasteiger partial charge on any atom is -0.352 e. The van der Waals surface area contributed by atoms with Crippen molar-refractivity contribution in [1.82, 2.24) is 20.4 Å². The topological polar surface area (TPSA) is 59.0 Å². The highest BCUT2D eigenvalue weighted by molar-refractivity contribution is 5.78. The molecular formula is C16H25F3N4O. The second kappa shape index (κ2) is 8.00. The highest BCUT2D eigenvalue weighted by Gasteiger charge is 2.42. The average Bonchev–Trinajstić information content (AvgIpc) is 3.05. The molecule has 5 nitrogen and oxygen atoms in total. The molecule has 0 bridgehead atoms. The molecule has 1 aromatic heterocycles. The van der Waals surface area contributed by atoms with Crippen LogP contribution >= 0.6 is 0 Å². The van der Waals surface area contributed by atoms with Gasteiger partial charge in [-0.05, 0) is 39.2 Å². The van der Waals surface area contributed by atoms with Crippen LogP contribution in [-0.4, -0.2) is 40.5 Å². The van der Waals surface area contributed by atoms with Crippen LogP contribution in [0.4, 0.5) is 13.2 Å². The number of rotatable bonds is 6. The fourth-order valence-corrected chi connectivity index (χ4v) is 3.07. The minimum absolute atomic E-state index is 0.00456. The van der Waals surface area contributed by atoms with Gasteiger partial charge in [0, 0.05) is 24.5 Å². The number of halogens is 3. The minimum atomic E-state index is -4.17. The van der Waals surface area contributed by atoms with Gasteiger partial charge in [0.05, 0.1) is 18.5 Å². The highest BCUT2D eigenvalue weighted by atomic mass is 19.4. The van der Waals surface area contributed by atoms with E-state index in [1.54, 1.807) is 10.9 Å². The molecular weight excluding hydrogens is 321 g/mol. The van der Waals surface area contributed by atoms with E-state index in [1.165, 1.54) is 0 Å². The average molecular weight is 346 g/mol. The van der Waals surface area contributed by atoms with E-state index in [-0.39, 0.29) is 37.4 Å². The summed E-state index contributed by atoms with van der Waals surface area (Å²) in [6, 6.07) is 1.51. The van der Waals surface area contributed by atoms with Crippen molar-refractivity contribution < 1.29 is 18.0 Å². The Morgan fingerprint density at radius 2 is 2.12 bits per heavy atom. The van der Waals surface area contributed by atoms with E-state index < -0.39 is 18.1 Å². The van der Waals surface area contributed by atoms with Crippen molar-refractivity contribution in [1.29, 1.82) is 0 Å². The summed E-state index contributed by atoms with van der Waals surface area (Å²) in [4.78, 5) is 12.0. The van der Waals surface area contributed by atoms with Crippen molar-refractivity contribution in [3.63, 3.8) is 0 Å². The van der Waals surface area contributed by atoms with Crippen molar-refractivity contribution in [3.05, 3.63) is 18.5 Å². The van der Waals surface area contributed by atoms with Gasteiger partial charge in [0.15, 0.2) is 0 Å². The summed E-state index contributed by atoms with van der Waals surface area (Å²) in [6.45, 7) is 4.01. The summed E-state index contributed by atoms with van der Waals surface area (Å²) < 4.78 is 40.2. The molecule has 1 aliphatic rings. The third-order valence-electron chi connectivity index (χ3n) is 4.75. The van der Waals surface area contributed by atoms with Crippen LogP contribution in [0.2, 0.25) is 0 Å². The van der Waals surface area contributed by atoms with Crippen LogP contribution in [0.1, 0.15) is 45.6 Å². The van der Waals surface area contributed by atoms with Gasteiger partial charge in [-0.15, -0.1) is 0 Å². The quantitative estimate of drug-likeness (QED) is 0.833. The number of amides is 1.